The van der Waals surface area contributed by atoms with Crippen molar-refractivity contribution in [2.75, 3.05) is 19.8 Å². The van der Waals surface area contributed by atoms with Crippen molar-refractivity contribution in [3.63, 3.8) is 0 Å². The molecule has 12 heteroatoms. The number of esters is 2. The van der Waals surface area contributed by atoms with Crippen LogP contribution >= 0.6 is 7.82 Å². The molecule has 3 atom stereocenters. The van der Waals surface area contributed by atoms with Crippen molar-refractivity contribution < 1.29 is 47.5 Å². The fourth-order valence-electron chi connectivity index (χ4n) is 5.05. The van der Waals surface area contributed by atoms with Crippen LogP contribution in [0, 0.1) is 0 Å². The van der Waals surface area contributed by atoms with E-state index in [1.165, 1.54) is 64.2 Å². The maximum Gasteiger partial charge on any atom is 0.472 e. The van der Waals surface area contributed by atoms with Gasteiger partial charge < -0.3 is 25.2 Å². The molecule has 0 spiro atoms. The van der Waals surface area contributed by atoms with E-state index in [0.717, 1.165) is 64.2 Å². The van der Waals surface area contributed by atoms with Crippen molar-refractivity contribution in [3.05, 3.63) is 24.3 Å². The summed E-state index contributed by atoms with van der Waals surface area (Å²) in [5.74, 6) is -2.41. The molecular weight excluding hydrogens is 661 g/mol. The number of hydrogen-bond acceptors (Lipinski definition) is 9. The second kappa shape index (κ2) is 34.1. The van der Waals surface area contributed by atoms with Gasteiger partial charge in [0.1, 0.15) is 12.6 Å². The second-order valence-electron chi connectivity index (χ2n) is 13.1. The van der Waals surface area contributed by atoms with Crippen molar-refractivity contribution in [1.29, 1.82) is 0 Å². The van der Waals surface area contributed by atoms with E-state index in [1.54, 1.807) is 0 Å². The molecule has 0 aromatic carbocycles. The fourth-order valence-corrected chi connectivity index (χ4v) is 5.83. The van der Waals surface area contributed by atoms with Gasteiger partial charge in [0.25, 0.3) is 0 Å². The molecule has 292 valence electrons. The summed E-state index contributed by atoms with van der Waals surface area (Å²) in [6, 6.07) is -1.52. The second-order valence-corrected chi connectivity index (χ2v) is 14.5. The van der Waals surface area contributed by atoms with Crippen LogP contribution < -0.4 is 5.73 Å². The Kier molecular flexibility index (Phi) is 32.7. The summed E-state index contributed by atoms with van der Waals surface area (Å²) in [6.07, 6.45) is 32.5. The first-order chi connectivity index (χ1) is 24.1. The minimum atomic E-state index is -4.71. The third kappa shape index (κ3) is 33.1. The minimum absolute atomic E-state index is 0.149. The first-order valence-corrected chi connectivity index (χ1v) is 20.9. The number of carboxylic acids is 1. The summed E-state index contributed by atoms with van der Waals surface area (Å²) >= 11 is 0. The summed E-state index contributed by atoms with van der Waals surface area (Å²) in [7, 11) is -4.71. The average Bonchev–Trinajstić information content (AvgIpc) is 3.09. The van der Waals surface area contributed by atoms with Crippen LogP contribution in [0.3, 0.4) is 0 Å². The Balaban J connectivity index is 4.47. The van der Waals surface area contributed by atoms with Gasteiger partial charge in [0.15, 0.2) is 6.10 Å². The van der Waals surface area contributed by atoms with Gasteiger partial charge in [-0.25, -0.2) is 4.57 Å². The summed E-state index contributed by atoms with van der Waals surface area (Å²) in [5.41, 5.74) is 5.31. The summed E-state index contributed by atoms with van der Waals surface area (Å²) in [6.45, 7) is 2.73. The lowest BCUT2D eigenvalue weighted by molar-refractivity contribution is -0.161. The zero-order valence-electron chi connectivity index (χ0n) is 31.2. The number of nitrogens with two attached hydrogens (primary N) is 1. The number of phosphoric acid groups is 1. The molecule has 0 rings (SSSR count). The Morgan fingerprint density at radius 3 is 1.50 bits per heavy atom. The fraction of sp³-hybridized carbons (Fsp3) is 0.816. The smallest absolute Gasteiger partial charge is 0.472 e. The van der Waals surface area contributed by atoms with Crippen LogP contribution in [0.2, 0.25) is 0 Å². The summed E-state index contributed by atoms with van der Waals surface area (Å²) in [4.78, 5) is 45.7. The maximum absolute atomic E-state index is 12.5. The van der Waals surface area contributed by atoms with Gasteiger partial charge in [-0.15, -0.1) is 0 Å². The van der Waals surface area contributed by atoms with E-state index < -0.39 is 51.1 Å². The quantitative estimate of drug-likeness (QED) is 0.0242. The SMILES string of the molecule is CCCCCC/C=C/CCCCCCCC(=O)O[C@H](COC(=O)CCCCC/C=C/CCCCCCCC)COP(=O)(O)OC[C@H](N)C(=O)O. The average molecular weight is 732 g/mol. The molecule has 0 amide bonds. The highest BCUT2D eigenvalue weighted by molar-refractivity contribution is 7.47. The Morgan fingerprint density at radius 2 is 1.00 bits per heavy atom. The molecule has 0 saturated heterocycles. The minimum Gasteiger partial charge on any atom is -0.480 e. The van der Waals surface area contributed by atoms with E-state index in [9.17, 15) is 23.8 Å². The van der Waals surface area contributed by atoms with E-state index in [1.807, 2.05) is 0 Å². The Morgan fingerprint density at radius 1 is 0.600 bits per heavy atom. The number of phosphoric ester groups is 1. The van der Waals surface area contributed by atoms with Crippen LogP contribution in [0.25, 0.3) is 0 Å². The third-order valence-corrected chi connectivity index (χ3v) is 9.12. The molecule has 0 fully saturated rings. The van der Waals surface area contributed by atoms with Crippen LogP contribution in [-0.4, -0.2) is 59.9 Å². The van der Waals surface area contributed by atoms with E-state index >= 15 is 0 Å². The Labute approximate surface area is 302 Å². The van der Waals surface area contributed by atoms with Crippen molar-refractivity contribution >= 4 is 25.7 Å². The van der Waals surface area contributed by atoms with Crippen LogP contribution in [0.4, 0.5) is 0 Å². The highest BCUT2D eigenvalue weighted by Gasteiger charge is 2.28. The van der Waals surface area contributed by atoms with Gasteiger partial charge in [0, 0.05) is 12.8 Å². The zero-order valence-corrected chi connectivity index (χ0v) is 32.1. The Hall–Kier alpha value is -2.04. The predicted molar refractivity (Wildman–Crippen MR) is 199 cm³/mol. The molecule has 0 aromatic rings. The molecule has 0 bridgehead atoms. The Bertz CT molecular complexity index is 958. The highest BCUT2D eigenvalue weighted by Crippen LogP contribution is 2.43. The van der Waals surface area contributed by atoms with Gasteiger partial charge in [-0.2, -0.15) is 0 Å². The third-order valence-electron chi connectivity index (χ3n) is 8.17. The molecule has 4 N–H and O–H groups in total. The molecule has 0 heterocycles. The number of carbonyl (C=O) groups excluding carboxylic acids is 2. The van der Waals surface area contributed by atoms with Crippen LogP contribution in [0.5, 0.6) is 0 Å². The van der Waals surface area contributed by atoms with Gasteiger partial charge in [0.2, 0.25) is 0 Å². The van der Waals surface area contributed by atoms with Gasteiger partial charge in [-0.05, 0) is 64.2 Å². The number of allylic oxidation sites excluding steroid dienone is 4. The molecule has 0 aromatic heterocycles. The van der Waals surface area contributed by atoms with Crippen LogP contribution in [-0.2, 0) is 37.5 Å². The molecule has 0 saturated carbocycles. The number of unbranched alkanes of at least 4 members (excludes halogenated alkanes) is 18. The number of carboxylic acid groups (broad SMARTS) is 1. The van der Waals surface area contributed by atoms with Crippen LogP contribution in [0.1, 0.15) is 168 Å². The van der Waals surface area contributed by atoms with Crippen molar-refractivity contribution in [2.45, 2.75) is 180 Å². The van der Waals surface area contributed by atoms with E-state index in [-0.39, 0.29) is 19.4 Å². The maximum atomic E-state index is 12.5. The van der Waals surface area contributed by atoms with Gasteiger partial charge in [-0.3, -0.25) is 23.4 Å². The first kappa shape index (κ1) is 48.0. The lowest BCUT2D eigenvalue weighted by Crippen LogP contribution is -2.34. The molecule has 0 radical (unpaired) electrons. The van der Waals surface area contributed by atoms with Gasteiger partial charge in [-0.1, -0.05) is 115 Å². The van der Waals surface area contributed by atoms with Crippen molar-refractivity contribution in [2.24, 2.45) is 5.73 Å². The van der Waals surface area contributed by atoms with Crippen molar-refractivity contribution in [3.8, 4) is 0 Å². The molecule has 0 aliphatic carbocycles. The monoisotopic (exact) mass is 731 g/mol. The van der Waals surface area contributed by atoms with Gasteiger partial charge >= 0.3 is 25.7 Å². The summed E-state index contributed by atoms with van der Waals surface area (Å²) < 4.78 is 32.5. The summed E-state index contributed by atoms with van der Waals surface area (Å²) in [5, 5.41) is 8.85. The molecule has 0 aliphatic rings. The standard InChI is InChI=1S/C38H70NO10P/c1-3-5-7-9-11-13-15-17-19-21-23-25-27-29-36(40)46-31-34(32-47-50(44,45)48-33-35(39)38(42)43)49-37(41)30-28-26-24-22-20-18-16-14-12-10-8-6-4-2/h14,16-17,19,34-35H,3-13,15,18,20-33,39H2,1-2H3,(H,42,43)(H,44,45)/b16-14+,19-17+/t34-,35+/m1/s1. The van der Waals surface area contributed by atoms with Crippen molar-refractivity contribution in [1.82, 2.24) is 0 Å². The number of hydrogen-bond donors (Lipinski definition) is 3. The van der Waals surface area contributed by atoms with Crippen LogP contribution in [0.15, 0.2) is 24.3 Å². The van der Waals surface area contributed by atoms with E-state index in [0.29, 0.717) is 12.8 Å². The molecular formula is C38H70NO10P. The molecule has 11 nitrogen and oxygen atoms in total. The van der Waals surface area contributed by atoms with Gasteiger partial charge in [0.05, 0.1) is 13.2 Å². The lowest BCUT2D eigenvalue weighted by atomic mass is 10.1. The topological polar surface area (TPSA) is 172 Å². The number of rotatable bonds is 36. The normalized spacial score (nSPS) is 14.2. The highest BCUT2D eigenvalue weighted by atomic mass is 31.2. The van der Waals surface area contributed by atoms with E-state index in [2.05, 4.69) is 42.7 Å². The largest absolute Gasteiger partial charge is 0.480 e. The number of aliphatic carboxylic acids is 1. The molecule has 1 unspecified atom stereocenters. The number of carbonyl (C=O) groups is 3. The zero-order chi connectivity index (χ0) is 37.1. The first-order valence-electron chi connectivity index (χ1n) is 19.4. The number of ether oxygens (including phenoxy) is 2. The van der Waals surface area contributed by atoms with E-state index in [4.69, 9.17) is 24.8 Å². The lowest BCUT2D eigenvalue weighted by Gasteiger charge is -2.20. The molecule has 0 aliphatic heterocycles. The molecule has 50 heavy (non-hydrogen) atoms. The predicted octanol–water partition coefficient (Wildman–Crippen LogP) is 9.50.